The van der Waals surface area contributed by atoms with Crippen molar-refractivity contribution < 1.29 is 14.7 Å². The predicted octanol–water partition coefficient (Wildman–Crippen LogP) is 2.55. The zero-order valence-electron chi connectivity index (χ0n) is 11.9. The summed E-state index contributed by atoms with van der Waals surface area (Å²) in [6.07, 6.45) is 7.35. The Morgan fingerprint density at radius 1 is 1.15 bits per heavy atom. The van der Waals surface area contributed by atoms with E-state index >= 15 is 0 Å². The van der Waals surface area contributed by atoms with Crippen molar-refractivity contribution in [3.63, 3.8) is 0 Å². The van der Waals surface area contributed by atoms with E-state index < -0.39 is 5.97 Å². The van der Waals surface area contributed by atoms with Gasteiger partial charge in [-0.3, -0.25) is 4.79 Å². The summed E-state index contributed by atoms with van der Waals surface area (Å²) in [4.78, 5) is 25.6. The van der Waals surface area contributed by atoms with E-state index in [2.05, 4.69) is 0 Å². The number of nitrogens with zero attached hydrogens (tertiary/aromatic N) is 1. The lowest BCUT2D eigenvalue weighted by molar-refractivity contribution is -0.143. The number of hydrogen-bond acceptors (Lipinski definition) is 2. The van der Waals surface area contributed by atoms with Crippen molar-refractivity contribution >= 4 is 11.9 Å². The van der Waals surface area contributed by atoms with E-state index in [4.69, 9.17) is 0 Å². The third-order valence-corrected chi connectivity index (χ3v) is 6.09. The maximum atomic E-state index is 12.4. The van der Waals surface area contributed by atoms with Crippen LogP contribution >= 0.6 is 0 Å². The van der Waals surface area contributed by atoms with Gasteiger partial charge in [-0.1, -0.05) is 0 Å². The number of amides is 1. The van der Waals surface area contributed by atoms with Crippen molar-refractivity contribution in [1.29, 1.82) is 0 Å². The molecular weight excluding hydrogens is 254 g/mol. The number of hydrogen-bond donors (Lipinski definition) is 1. The van der Waals surface area contributed by atoms with E-state index in [0.29, 0.717) is 11.3 Å². The average Bonchev–Trinajstić information content (AvgIpc) is 2.63. The van der Waals surface area contributed by atoms with Crippen molar-refractivity contribution in [3.8, 4) is 0 Å². The molecule has 0 saturated heterocycles. The zero-order valence-corrected chi connectivity index (χ0v) is 11.9. The number of allylic oxidation sites excluding steroid dienone is 1. The van der Waals surface area contributed by atoms with E-state index in [9.17, 15) is 14.7 Å². The molecule has 0 aromatic rings. The molecule has 4 heteroatoms. The fraction of sp³-hybridized carbons (Fsp3) is 0.750. The van der Waals surface area contributed by atoms with Crippen LogP contribution < -0.4 is 0 Å². The van der Waals surface area contributed by atoms with Crippen molar-refractivity contribution in [3.05, 3.63) is 11.3 Å². The number of carboxylic acid groups (broad SMARTS) is 1. The molecular formula is C16H21NO3. The maximum Gasteiger partial charge on any atom is 0.333 e. The smallest absolute Gasteiger partial charge is 0.333 e. The second-order valence-corrected chi connectivity index (χ2v) is 7.42. The topological polar surface area (TPSA) is 57.6 Å². The van der Waals surface area contributed by atoms with Gasteiger partial charge in [0.15, 0.2) is 0 Å². The van der Waals surface area contributed by atoms with E-state index in [0.717, 1.165) is 37.0 Å². The molecule has 4 fully saturated rings. The van der Waals surface area contributed by atoms with Gasteiger partial charge in [0.25, 0.3) is 0 Å². The molecule has 5 rings (SSSR count). The molecule has 4 bridgehead atoms. The molecule has 108 valence electrons. The van der Waals surface area contributed by atoms with Gasteiger partial charge >= 0.3 is 5.97 Å². The van der Waals surface area contributed by atoms with Gasteiger partial charge in [0.2, 0.25) is 5.91 Å². The van der Waals surface area contributed by atoms with Crippen LogP contribution in [0.2, 0.25) is 0 Å². The molecule has 0 aromatic heterocycles. The van der Waals surface area contributed by atoms with Crippen LogP contribution in [0, 0.1) is 17.8 Å². The lowest BCUT2D eigenvalue weighted by Gasteiger charge is -2.60. The molecule has 1 heterocycles. The summed E-state index contributed by atoms with van der Waals surface area (Å²) in [6.45, 7) is 1.83. The average molecular weight is 275 g/mol. The molecule has 0 unspecified atom stereocenters. The second kappa shape index (κ2) is 3.86. The quantitative estimate of drug-likeness (QED) is 0.842. The molecule has 1 N–H and O–H groups in total. The first-order chi connectivity index (χ1) is 9.48. The van der Waals surface area contributed by atoms with E-state index in [-0.39, 0.29) is 17.9 Å². The van der Waals surface area contributed by atoms with Gasteiger partial charge in [0.05, 0.1) is 12.0 Å². The standard InChI is InChI=1S/C16H21NO3/c1-9-13(15(19)20)5-14(18)17(9)16-6-10-2-11(7-16)4-12(3-10)8-16/h10-12H,2-8H2,1H3,(H,19,20). The molecule has 1 aliphatic heterocycles. The highest BCUT2D eigenvalue weighted by molar-refractivity contribution is 5.99. The third kappa shape index (κ3) is 1.54. The van der Waals surface area contributed by atoms with Crippen LogP contribution in [-0.4, -0.2) is 27.4 Å². The molecule has 4 nitrogen and oxygen atoms in total. The molecule has 20 heavy (non-hydrogen) atoms. The summed E-state index contributed by atoms with van der Waals surface area (Å²) in [6, 6.07) is 0. The van der Waals surface area contributed by atoms with E-state index in [1.807, 2.05) is 11.8 Å². The Morgan fingerprint density at radius 2 is 1.65 bits per heavy atom. The van der Waals surface area contributed by atoms with Crippen molar-refractivity contribution in [2.45, 2.75) is 57.4 Å². The first-order valence-corrected chi connectivity index (χ1v) is 7.74. The molecule has 0 aromatic carbocycles. The van der Waals surface area contributed by atoms with Crippen LogP contribution in [0.15, 0.2) is 11.3 Å². The van der Waals surface area contributed by atoms with Crippen molar-refractivity contribution in [1.82, 2.24) is 4.90 Å². The number of carboxylic acids is 1. The lowest BCUT2D eigenvalue weighted by Crippen LogP contribution is -2.60. The summed E-state index contributed by atoms with van der Waals surface area (Å²) >= 11 is 0. The van der Waals surface area contributed by atoms with Crippen molar-refractivity contribution in [2.24, 2.45) is 17.8 Å². The van der Waals surface area contributed by atoms with E-state index in [1.54, 1.807) is 0 Å². The summed E-state index contributed by atoms with van der Waals surface area (Å²) in [5, 5.41) is 9.26. The highest BCUT2D eigenvalue weighted by Gasteiger charge is 2.56. The lowest BCUT2D eigenvalue weighted by atomic mass is 9.52. The highest BCUT2D eigenvalue weighted by atomic mass is 16.4. The Kier molecular flexibility index (Phi) is 2.40. The fourth-order valence-electron chi connectivity index (χ4n) is 5.87. The monoisotopic (exact) mass is 275 g/mol. The molecule has 4 aliphatic carbocycles. The van der Waals surface area contributed by atoms with E-state index in [1.165, 1.54) is 19.3 Å². The van der Waals surface area contributed by atoms with Crippen LogP contribution in [0.25, 0.3) is 0 Å². The number of carbonyl (C=O) groups excluding carboxylic acids is 1. The van der Waals surface area contributed by atoms with Gasteiger partial charge in [0, 0.05) is 11.2 Å². The normalized spacial score (nSPS) is 42.8. The van der Waals surface area contributed by atoms with Crippen LogP contribution in [-0.2, 0) is 9.59 Å². The first-order valence-electron chi connectivity index (χ1n) is 7.74. The largest absolute Gasteiger partial charge is 0.478 e. The number of carbonyl (C=O) groups is 2. The molecule has 0 spiro atoms. The highest BCUT2D eigenvalue weighted by Crippen LogP contribution is 2.59. The minimum absolute atomic E-state index is 0.0156. The maximum absolute atomic E-state index is 12.4. The Hall–Kier alpha value is -1.32. The van der Waals surface area contributed by atoms with Crippen LogP contribution in [0.5, 0.6) is 0 Å². The molecule has 4 saturated carbocycles. The summed E-state index contributed by atoms with van der Waals surface area (Å²) in [5.41, 5.74) is 0.975. The number of aliphatic carboxylic acids is 1. The Balaban J connectivity index is 1.73. The Morgan fingerprint density at radius 3 is 2.05 bits per heavy atom. The van der Waals surface area contributed by atoms with Crippen LogP contribution in [0.3, 0.4) is 0 Å². The molecule has 0 atom stereocenters. The van der Waals surface area contributed by atoms with Gasteiger partial charge in [-0.05, 0) is 63.2 Å². The molecule has 1 amide bonds. The number of rotatable bonds is 2. The summed E-state index contributed by atoms with van der Waals surface area (Å²) < 4.78 is 0. The Bertz CT molecular complexity index is 499. The summed E-state index contributed by atoms with van der Waals surface area (Å²) in [5.74, 6) is 1.37. The summed E-state index contributed by atoms with van der Waals surface area (Å²) in [7, 11) is 0. The van der Waals surface area contributed by atoms with Gasteiger partial charge in [-0.2, -0.15) is 0 Å². The second-order valence-electron chi connectivity index (χ2n) is 7.42. The van der Waals surface area contributed by atoms with Crippen LogP contribution in [0.4, 0.5) is 0 Å². The van der Waals surface area contributed by atoms with Crippen molar-refractivity contribution in [2.75, 3.05) is 0 Å². The van der Waals surface area contributed by atoms with Crippen LogP contribution in [0.1, 0.15) is 51.9 Å². The molecule has 0 radical (unpaired) electrons. The first kappa shape index (κ1) is 12.4. The minimum Gasteiger partial charge on any atom is -0.478 e. The van der Waals surface area contributed by atoms with Gasteiger partial charge < -0.3 is 10.0 Å². The van der Waals surface area contributed by atoms with Gasteiger partial charge in [-0.15, -0.1) is 0 Å². The third-order valence-electron chi connectivity index (χ3n) is 6.09. The Labute approximate surface area is 118 Å². The fourth-order valence-corrected chi connectivity index (χ4v) is 5.87. The van der Waals surface area contributed by atoms with Gasteiger partial charge in [-0.25, -0.2) is 4.79 Å². The minimum atomic E-state index is -0.928. The van der Waals surface area contributed by atoms with Gasteiger partial charge in [0.1, 0.15) is 0 Å². The molecule has 5 aliphatic rings. The predicted molar refractivity (Wildman–Crippen MR) is 72.7 cm³/mol. The zero-order chi connectivity index (χ0) is 14.1. The SMILES string of the molecule is CC1=C(C(=O)O)CC(=O)N1C12CC3CC(CC(C3)C1)C2.